The average molecular weight is 420 g/mol. The zero-order chi connectivity index (χ0) is 20.8. The molecule has 0 saturated carbocycles. The zero-order valence-electron chi connectivity index (χ0n) is 16.9. The molecule has 0 unspecified atom stereocenters. The van der Waals surface area contributed by atoms with Gasteiger partial charge in [-0.2, -0.15) is 0 Å². The van der Waals surface area contributed by atoms with Gasteiger partial charge in [0.1, 0.15) is 0 Å². The summed E-state index contributed by atoms with van der Waals surface area (Å²) < 4.78 is 5.62. The molecule has 0 aliphatic carbocycles. The third kappa shape index (κ3) is 4.58. The van der Waals surface area contributed by atoms with Gasteiger partial charge in [0.2, 0.25) is 5.91 Å². The molecule has 0 aromatic heterocycles. The molecule has 1 N–H and O–H groups in total. The molecule has 3 aromatic carbocycles. The second kappa shape index (κ2) is 9.46. The number of halogens is 1. The summed E-state index contributed by atoms with van der Waals surface area (Å²) >= 11 is 6.11. The van der Waals surface area contributed by atoms with Gasteiger partial charge in [0.25, 0.3) is 0 Å². The van der Waals surface area contributed by atoms with Crippen LogP contribution in [0.3, 0.4) is 0 Å². The molecule has 0 spiro atoms. The smallest absolute Gasteiger partial charge is 0.232 e. The van der Waals surface area contributed by atoms with E-state index in [0.717, 1.165) is 29.0 Å². The molecule has 3 aromatic rings. The first-order valence-electron chi connectivity index (χ1n) is 10.4. The number of amides is 1. The SMILES string of the molecule is O=C(NCC1(c2ccc(Cl)cc2)CCOCC1)C(c1ccccc1)c1ccccc1. The lowest BCUT2D eigenvalue weighted by atomic mass is 9.74. The maximum absolute atomic E-state index is 13.5. The highest BCUT2D eigenvalue weighted by Crippen LogP contribution is 2.35. The minimum Gasteiger partial charge on any atom is -0.381 e. The lowest BCUT2D eigenvalue weighted by molar-refractivity contribution is -0.122. The van der Waals surface area contributed by atoms with Crippen molar-refractivity contribution in [1.29, 1.82) is 0 Å². The Bertz CT molecular complexity index is 912. The van der Waals surface area contributed by atoms with Crippen LogP contribution in [0.1, 0.15) is 35.4 Å². The third-order valence-electron chi connectivity index (χ3n) is 6.04. The number of ether oxygens (including phenoxy) is 1. The molecule has 1 saturated heterocycles. The summed E-state index contributed by atoms with van der Waals surface area (Å²) in [4.78, 5) is 13.5. The van der Waals surface area contributed by atoms with Crippen molar-refractivity contribution in [2.24, 2.45) is 0 Å². The molecule has 4 heteroatoms. The Morgan fingerprint density at radius 3 is 1.93 bits per heavy atom. The summed E-state index contributed by atoms with van der Waals surface area (Å²) in [6.07, 6.45) is 1.74. The Labute approximate surface area is 183 Å². The van der Waals surface area contributed by atoms with Crippen LogP contribution in [0.5, 0.6) is 0 Å². The van der Waals surface area contributed by atoms with Crippen LogP contribution in [-0.4, -0.2) is 25.7 Å². The van der Waals surface area contributed by atoms with Crippen molar-refractivity contribution >= 4 is 17.5 Å². The molecular weight excluding hydrogens is 394 g/mol. The summed E-state index contributed by atoms with van der Waals surface area (Å²) in [5.41, 5.74) is 3.05. The van der Waals surface area contributed by atoms with Crippen molar-refractivity contribution in [1.82, 2.24) is 5.32 Å². The van der Waals surface area contributed by atoms with Crippen molar-refractivity contribution in [3.63, 3.8) is 0 Å². The maximum atomic E-state index is 13.5. The molecule has 30 heavy (non-hydrogen) atoms. The summed E-state index contributed by atoms with van der Waals surface area (Å²) in [5.74, 6) is -0.318. The highest BCUT2D eigenvalue weighted by atomic mass is 35.5. The highest BCUT2D eigenvalue weighted by Gasteiger charge is 2.35. The zero-order valence-corrected chi connectivity index (χ0v) is 17.6. The standard InChI is InChI=1S/C26H26ClNO2/c27-23-13-11-22(12-14-23)26(15-17-30-18-16-26)19-28-25(29)24(20-7-3-1-4-8-20)21-9-5-2-6-10-21/h1-14,24H,15-19H2,(H,28,29). The predicted molar refractivity (Wildman–Crippen MR) is 121 cm³/mol. The van der Waals surface area contributed by atoms with Crippen LogP contribution in [0, 0.1) is 0 Å². The van der Waals surface area contributed by atoms with E-state index in [1.165, 1.54) is 5.56 Å². The largest absolute Gasteiger partial charge is 0.381 e. The average Bonchev–Trinajstić information content (AvgIpc) is 2.80. The van der Waals surface area contributed by atoms with Gasteiger partial charge in [-0.05, 0) is 41.7 Å². The van der Waals surface area contributed by atoms with Crippen molar-refractivity contribution in [2.45, 2.75) is 24.2 Å². The highest BCUT2D eigenvalue weighted by molar-refractivity contribution is 6.30. The van der Waals surface area contributed by atoms with Crippen molar-refractivity contribution in [3.8, 4) is 0 Å². The number of benzene rings is 3. The quantitative estimate of drug-likeness (QED) is 0.585. The van der Waals surface area contributed by atoms with Gasteiger partial charge < -0.3 is 10.1 Å². The van der Waals surface area contributed by atoms with Crippen molar-refractivity contribution < 1.29 is 9.53 Å². The number of carbonyl (C=O) groups excluding carboxylic acids is 1. The Kier molecular flexibility index (Phi) is 6.51. The Hall–Kier alpha value is -2.62. The monoisotopic (exact) mass is 419 g/mol. The number of hydrogen-bond acceptors (Lipinski definition) is 2. The van der Waals surface area contributed by atoms with Gasteiger partial charge in [-0.25, -0.2) is 0 Å². The van der Waals surface area contributed by atoms with Gasteiger partial charge >= 0.3 is 0 Å². The third-order valence-corrected chi connectivity index (χ3v) is 6.29. The van der Waals surface area contributed by atoms with Gasteiger partial charge in [-0.15, -0.1) is 0 Å². The van der Waals surface area contributed by atoms with Crippen LogP contribution in [0.15, 0.2) is 84.9 Å². The van der Waals surface area contributed by atoms with E-state index in [1.54, 1.807) is 0 Å². The molecule has 1 heterocycles. The normalized spacial score (nSPS) is 15.7. The van der Waals surface area contributed by atoms with Crippen molar-refractivity contribution in [2.75, 3.05) is 19.8 Å². The van der Waals surface area contributed by atoms with E-state index >= 15 is 0 Å². The van der Waals surface area contributed by atoms with Crippen LogP contribution < -0.4 is 5.32 Å². The second-order valence-electron chi connectivity index (χ2n) is 7.87. The number of nitrogens with one attached hydrogen (secondary N) is 1. The van der Waals surface area contributed by atoms with E-state index in [1.807, 2.05) is 72.8 Å². The first kappa shape index (κ1) is 20.6. The fraction of sp³-hybridized carbons (Fsp3) is 0.269. The van der Waals surface area contributed by atoms with Gasteiger partial charge in [0.05, 0.1) is 5.92 Å². The molecule has 1 aliphatic heterocycles. The van der Waals surface area contributed by atoms with Gasteiger partial charge in [-0.1, -0.05) is 84.4 Å². The molecule has 1 aliphatic rings. The summed E-state index contributed by atoms with van der Waals surface area (Å²) in [5, 5.41) is 4.00. The van der Waals surface area contributed by atoms with Crippen molar-refractivity contribution in [3.05, 3.63) is 107 Å². The fourth-order valence-electron chi connectivity index (χ4n) is 4.28. The number of carbonyl (C=O) groups is 1. The van der Waals surface area contributed by atoms with Crippen LogP contribution >= 0.6 is 11.6 Å². The molecule has 1 fully saturated rings. The second-order valence-corrected chi connectivity index (χ2v) is 8.31. The van der Waals surface area contributed by atoms with E-state index in [9.17, 15) is 4.79 Å². The van der Waals surface area contributed by atoms with E-state index in [0.29, 0.717) is 19.8 Å². The molecule has 4 rings (SSSR count). The van der Waals surface area contributed by atoms with Crippen LogP contribution in [0.4, 0.5) is 0 Å². The first-order chi connectivity index (χ1) is 14.7. The van der Waals surface area contributed by atoms with Gasteiger partial charge in [0.15, 0.2) is 0 Å². The Morgan fingerprint density at radius 1 is 0.867 bits per heavy atom. The van der Waals surface area contributed by atoms with Crippen LogP contribution in [0.2, 0.25) is 5.02 Å². The van der Waals surface area contributed by atoms with E-state index < -0.39 is 0 Å². The summed E-state index contributed by atoms with van der Waals surface area (Å²) in [6, 6.07) is 27.9. The van der Waals surface area contributed by atoms with Crippen LogP contribution in [-0.2, 0) is 14.9 Å². The minimum atomic E-state index is -0.338. The molecule has 0 bridgehead atoms. The molecule has 3 nitrogen and oxygen atoms in total. The lowest BCUT2D eigenvalue weighted by Crippen LogP contribution is -2.45. The summed E-state index contributed by atoms with van der Waals surface area (Å²) in [6.45, 7) is 1.96. The molecule has 0 radical (unpaired) electrons. The summed E-state index contributed by atoms with van der Waals surface area (Å²) in [7, 11) is 0. The predicted octanol–water partition coefficient (Wildman–Crippen LogP) is 5.34. The molecule has 154 valence electrons. The van der Waals surface area contributed by atoms with E-state index in [4.69, 9.17) is 16.3 Å². The Balaban J connectivity index is 1.59. The topological polar surface area (TPSA) is 38.3 Å². The van der Waals surface area contributed by atoms with E-state index in [-0.39, 0.29) is 17.2 Å². The fourth-order valence-corrected chi connectivity index (χ4v) is 4.40. The number of hydrogen-bond donors (Lipinski definition) is 1. The minimum absolute atomic E-state index is 0.0206. The number of rotatable bonds is 6. The maximum Gasteiger partial charge on any atom is 0.232 e. The Morgan fingerprint density at radius 2 is 1.40 bits per heavy atom. The first-order valence-corrected chi connectivity index (χ1v) is 10.8. The lowest BCUT2D eigenvalue weighted by Gasteiger charge is -2.38. The molecular formula is C26H26ClNO2. The van der Waals surface area contributed by atoms with Crippen LogP contribution in [0.25, 0.3) is 0 Å². The van der Waals surface area contributed by atoms with Gasteiger partial charge in [-0.3, -0.25) is 4.79 Å². The van der Waals surface area contributed by atoms with E-state index in [2.05, 4.69) is 17.4 Å². The van der Waals surface area contributed by atoms with Gasteiger partial charge in [0, 0.05) is 30.2 Å². The molecule has 1 amide bonds. The molecule has 0 atom stereocenters.